The Balaban J connectivity index is 2.30. The molecule has 5 heteroatoms. The molecule has 3 nitrogen and oxygen atoms in total. The van der Waals surface area contributed by atoms with Gasteiger partial charge in [-0.25, -0.2) is 0 Å². The van der Waals surface area contributed by atoms with Crippen LogP contribution in [0, 0.1) is 0 Å². The average Bonchev–Trinajstić information content (AvgIpc) is 2.82. The van der Waals surface area contributed by atoms with Gasteiger partial charge in [-0.1, -0.05) is 17.7 Å². The molecule has 0 bridgehead atoms. The average molecular weight is 263 g/mol. The van der Waals surface area contributed by atoms with E-state index in [-0.39, 0.29) is 5.56 Å². The minimum absolute atomic E-state index is 0.187. The molecule has 0 fully saturated rings. The molecule has 1 aromatic carbocycles. The third kappa shape index (κ3) is 1.85. The number of hydrogen-bond acceptors (Lipinski definition) is 3. The summed E-state index contributed by atoms with van der Waals surface area (Å²) in [5.74, 6) is 0. The second-order valence-corrected chi connectivity index (χ2v) is 4.90. The number of aromatic amines is 1. The molecule has 3 rings (SSSR count). The first kappa shape index (κ1) is 10.5. The molecule has 17 heavy (non-hydrogen) atoms. The SMILES string of the molecule is O=c1cc(Cl)c2cc(-c3cncs3)ccc2[nH]1. The van der Waals surface area contributed by atoms with Crippen molar-refractivity contribution in [2.24, 2.45) is 0 Å². The normalized spacial score (nSPS) is 10.9. The first-order valence-electron chi connectivity index (χ1n) is 4.95. The lowest BCUT2D eigenvalue weighted by Crippen LogP contribution is -2.03. The van der Waals surface area contributed by atoms with Gasteiger partial charge in [0, 0.05) is 23.2 Å². The summed E-state index contributed by atoms with van der Waals surface area (Å²) in [4.78, 5) is 19.1. The molecule has 0 radical (unpaired) electrons. The van der Waals surface area contributed by atoms with Crippen LogP contribution in [0.4, 0.5) is 0 Å². The monoisotopic (exact) mass is 262 g/mol. The Morgan fingerprint density at radius 1 is 1.29 bits per heavy atom. The maximum atomic E-state index is 11.3. The van der Waals surface area contributed by atoms with Crippen molar-refractivity contribution in [3.63, 3.8) is 0 Å². The second kappa shape index (κ2) is 3.98. The predicted molar refractivity (Wildman–Crippen MR) is 70.7 cm³/mol. The van der Waals surface area contributed by atoms with E-state index in [2.05, 4.69) is 9.97 Å². The molecule has 0 aliphatic rings. The molecule has 0 amide bonds. The number of aromatic nitrogens is 2. The number of hydrogen-bond donors (Lipinski definition) is 1. The largest absolute Gasteiger partial charge is 0.322 e. The van der Waals surface area contributed by atoms with E-state index in [1.807, 2.05) is 24.4 Å². The van der Waals surface area contributed by atoms with Crippen molar-refractivity contribution >= 4 is 33.8 Å². The van der Waals surface area contributed by atoms with Gasteiger partial charge in [0.1, 0.15) is 0 Å². The number of benzene rings is 1. The molecule has 0 atom stereocenters. The van der Waals surface area contributed by atoms with Crippen LogP contribution in [0.3, 0.4) is 0 Å². The summed E-state index contributed by atoms with van der Waals surface area (Å²) in [5.41, 5.74) is 3.39. The molecule has 1 N–H and O–H groups in total. The minimum atomic E-state index is -0.187. The Hall–Kier alpha value is -1.65. The van der Waals surface area contributed by atoms with Gasteiger partial charge in [-0.3, -0.25) is 9.78 Å². The maximum Gasteiger partial charge on any atom is 0.249 e. The summed E-state index contributed by atoms with van der Waals surface area (Å²) in [7, 11) is 0. The van der Waals surface area contributed by atoms with Gasteiger partial charge in [-0.15, -0.1) is 11.3 Å². The van der Waals surface area contributed by atoms with Crippen molar-refractivity contribution in [2.75, 3.05) is 0 Å². The molecule has 0 aliphatic heterocycles. The van der Waals surface area contributed by atoms with E-state index < -0.39 is 0 Å². The molecule has 0 saturated heterocycles. The Morgan fingerprint density at radius 2 is 2.18 bits per heavy atom. The lowest BCUT2D eigenvalue weighted by atomic mass is 10.1. The number of nitrogens with one attached hydrogen (secondary N) is 1. The number of pyridine rings is 1. The van der Waals surface area contributed by atoms with Crippen LogP contribution in [-0.4, -0.2) is 9.97 Å². The van der Waals surface area contributed by atoms with Crippen LogP contribution < -0.4 is 5.56 Å². The Morgan fingerprint density at radius 3 is 2.94 bits per heavy atom. The first-order chi connectivity index (χ1) is 8.24. The second-order valence-electron chi connectivity index (χ2n) is 3.61. The highest BCUT2D eigenvalue weighted by atomic mass is 35.5. The summed E-state index contributed by atoms with van der Waals surface area (Å²) in [6.45, 7) is 0. The fourth-order valence-electron chi connectivity index (χ4n) is 1.72. The van der Waals surface area contributed by atoms with Crippen LogP contribution in [0.25, 0.3) is 21.3 Å². The van der Waals surface area contributed by atoms with Crippen LogP contribution in [0.2, 0.25) is 5.02 Å². The van der Waals surface area contributed by atoms with Crippen LogP contribution in [0.5, 0.6) is 0 Å². The van der Waals surface area contributed by atoms with Gasteiger partial charge in [0.15, 0.2) is 0 Å². The zero-order chi connectivity index (χ0) is 11.8. The van der Waals surface area contributed by atoms with Crippen LogP contribution >= 0.6 is 22.9 Å². The summed E-state index contributed by atoms with van der Waals surface area (Å²) >= 11 is 7.63. The smallest absolute Gasteiger partial charge is 0.249 e. The van der Waals surface area contributed by atoms with Gasteiger partial charge in [-0.05, 0) is 17.7 Å². The van der Waals surface area contributed by atoms with E-state index >= 15 is 0 Å². The zero-order valence-corrected chi connectivity index (χ0v) is 10.2. The van der Waals surface area contributed by atoms with Crippen molar-refractivity contribution in [1.29, 1.82) is 0 Å². The van der Waals surface area contributed by atoms with Gasteiger partial charge >= 0.3 is 0 Å². The standard InChI is InChI=1S/C12H7ClN2OS/c13-9-4-12(16)15-10-2-1-7(3-8(9)10)11-5-14-6-17-11/h1-6H,(H,15,16). The number of H-pyrrole nitrogens is 1. The minimum Gasteiger partial charge on any atom is -0.322 e. The van der Waals surface area contributed by atoms with Crippen molar-refractivity contribution < 1.29 is 0 Å². The molecule has 3 aromatic rings. The molecule has 2 heterocycles. The molecular formula is C12H7ClN2OS. The summed E-state index contributed by atoms with van der Waals surface area (Å²) in [5, 5.41) is 1.31. The van der Waals surface area contributed by atoms with Crippen molar-refractivity contribution in [2.45, 2.75) is 0 Å². The highest BCUT2D eigenvalue weighted by molar-refractivity contribution is 7.13. The Bertz CT molecular complexity index is 734. The number of halogens is 1. The molecule has 84 valence electrons. The van der Waals surface area contributed by atoms with E-state index in [0.29, 0.717) is 5.02 Å². The Labute approximate surface area is 106 Å². The summed E-state index contributed by atoms with van der Waals surface area (Å²) in [6, 6.07) is 7.15. The lowest BCUT2D eigenvalue weighted by molar-refractivity contribution is 1.31. The highest BCUT2D eigenvalue weighted by Crippen LogP contribution is 2.28. The first-order valence-corrected chi connectivity index (χ1v) is 6.21. The zero-order valence-electron chi connectivity index (χ0n) is 8.61. The fraction of sp³-hybridized carbons (Fsp3) is 0. The molecule has 0 spiro atoms. The Kier molecular flexibility index (Phi) is 2.46. The number of rotatable bonds is 1. The van der Waals surface area contributed by atoms with Crippen LogP contribution in [0.15, 0.2) is 40.8 Å². The van der Waals surface area contributed by atoms with Gasteiger partial charge in [0.25, 0.3) is 0 Å². The van der Waals surface area contributed by atoms with E-state index in [0.717, 1.165) is 21.3 Å². The topological polar surface area (TPSA) is 45.8 Å². The van der Waals surface area contributed by atoms with Crippen molar-refractivity contribution in [3.8, 4) is 10.4 Å². The van der Waals surface area contributed by atoms with Gasteiger partial charge in [0.2, 0.25) is 5.56 Å². The van der Waals surface area contributed by atoms with E-state index in [1.54, 1.807) is 16.8 Å². The molecule has 0 aliphatic carbocycles. The van der Waals surface area contributed by atoms with Crippen LogP contribution in [0.1, 0.15) is 0 Å². The van der Waals surface area contributed by atoms with E-state index in [4.69, 9.17) is 11.6 Å². The van der Waals surface area contributed by atoms with Gasteiger partial charge in [0.05, 0.1) is 15.4 Å². The number of nitrogens with zero attached hydrogens (tertiary/aromatic N) is 1. The quantitative estimate of drug-likeness (QED) is 0.731. The predicted octanol–water partition coefficient (Wildman–Crippen LogP) is 3.31. The third-order valence-electron chi connectivity index (χ3n) is 2.51. The lowest BCUT2D eigenvalue weighted by Gasteiger charge is -2.02. The fourth-order valence-corrected chi connectivity index (χ4v) is 2.60. The maximum absolute atomic E-state index is 11.3. The summed E-state index contributed by atoms with van der Waals surface area (Å²) in [6.07, 6.45) is 1.81. The molecular weight excluding hydrogens is 256 g/mol. The van der Waals surface area contributed by atoms with E-state index in [9.17, 15) is 4.79 Å². The third-order valence-corrected chi connectivity index (χ3v) is 3.64. The highest BCUT2D eigenvalue weighted by Gasteiger charge is 2.05. The van der Waals surface area contributed by atoms with Crippen molar-refractivity contribution in [1.82, 2.24) is 9.97 Å². The van der Waals surface area contributed by atoms with Crippen LogP contribution in [-0.2, 0) is 0 Å². The van der Waals surface area contributed by atoms with E-state index in [1.165, 1.54) is 6.07 Å². The van der Waals surface area contributed by atoms with Gasteiger partial charge < -0.3 is 4.98 Å². The summed E-state index contributed by atoms with van der Waals surface area (Å²) < 4.78 is 0. The van der Waals surface area contributed by atoms with Gasteiger partial charge in [-0.2, -0.15) is 0 Å². The number of thiazole rings is 1. The number of fused-ring (bicyclic) bond motifs is 1. The van der Waals surface area contributed by atoms with Crippen molar-refractivity contribution in [3.05, 3.63) is 51.3 Å². The molecule has 0 unspecified atom stereocenters. The molecule has 2 aromatic heterocycles. The molecule has 0 saturated carbocycles.